The zero-order chi connectivity index (χ0) is 28.1. The van der Waals surface area contributed by atoms with Gasteiger partial charge in [-0.05, 0) is 54.6 Å². The lowest BCUT2D eigenvalue weighted by molar-refractivity contribution is 0.238. The molecule has 0 saturated carbocycles. The summed E-state index contributed by atoms with van der Waals surface area (Å²) in [6, 6.07) is 22.4. The lowest BCUT2D eigenvalue weighted by atomic mass is 10.1. The molecule has 2 aromatic carbocycles. The van der Waals surface area contributed by atoms with Gasteiger partial charge in [0, 0.05) is 55.9 Å². The monoisotopic (exact) mass is 579 g/mol. The predicted molar refractivity (Wildman–Crippen MR) is 162 cm³/mol. The molecule has 1 saturated heterocycles. The van der Waals surface area contributed by atoms with Crippen LogP contribution in [0.1, 0.15) is 37.6 Å². The second-order valence-corrected chi connectivity index (χ2v) is 12.7. The van der Waals surface area contributed by atoms with Crippen LogP contribution in [0.4, 0.5) is 0 Å². The van der Waals surface area contributed by atoms with E-state index in [1.54, 1.807) is 22.8 Å². The summed E-state index contributed by atoms with van der Waals surface area (Å²) in [5.74, 6) is 1.56. The Bertz CT molecular complexity index is 1470. The van der Waals surface area contributed by atoms with E-state index in [-0.39, 0.29) is 18.6 Å². The zero-order valence-corrected chi connectivity index (χ0v) is 24.8. The third-order valence-corrected chi connectivity index (χ3v) is 10.2. The van der Waals surface area contributed by atoms with E-state index in [4.69, 9.17) is 9.72 Å². The minimum absolute atomic E-state index is 0.0545. The molecule has 1 aliphatic rings. The van der Waals surface area contributed by atoms with Gasteiger partial charge in [-0.15, -0.1) is 11.3 Å². The third kappa shape index (κ3) is 6.31. The number of likely N-dealkylation sites (N-methyl/N-ethyl adjacent to an activating group) is 1. The number of nitrogens with zero attached hydrogens (tertiary/aromatic N) is 3. The van der Waals surface area contributed by atoms with Crippen LogP contribution in [0.3, 0.4) is 0 Å². The number of H-pyrrole nitrogens is 1. The summed E-state index contributed by atoms with van der Waals surface area (Å²) in [6.45, 7) is 6.39. The van der Waals surface area contributed by atoms with Crippen LogP contribution in [0.2, 0.25) is 0 Å². The number of ether oxygens (including phenoxy) is 1. The van der Waals surface area contributed by atoms with Crippen molar-refractivity contribution in [1.29, 1.82) is 0 Å². The zero-order valence-electron chi connectivity index (χ0n) is 23.2. The average molecular weight is 580 g/mol. The molecule has 2 atom stereocenters. The fraction of sp³-hybridized carbons (Fsp3) is 0.367. The van der Waals surface area contributed by atoms with Crippen LogP contribution in [0, 0.1) is 0 Å². The van der Waals surface area contributed by atoms with E-state index in [1.807, 2.05) is 54.8 Å². The number of aromatic amines is 1. The maximum Gasteiger partial charge on any atom is 0.279 e. The molecule has 0 aliphatic carbocycles. The lowest BCUT2D eigenvalue weighted by Gasteiger charge is -2.29. The Morgan fingerprint density at radius 3 is 2.60 bits per heavy atom. The summed E-state index contributed by atoms with van der Waals surface area (Å²) in [5.41, 5.74) is 3.91. The molecule has 1 fully saturated rings. The first-order chi connectivity index (χ1) is 19.4. The number of methoxy groups -OCH3 is 1. The van der Waals surface area contributed by atoms with Crippen LogP contribution in [-0.2, 0) is 16.6 Å². The summed E-state index contributed by atoms with van der Waals surface area (Å²) < 4.78 is 36.7. The maximum atomic E-state index is 13.5. The van der Waals surface area contributed by atoms with Gasteiger partial charge in [0.15, 0.2) is 0 Å². The molecule has 10 heteroatoms. The standard InChI is InChI=1S/C30H37N5O3S2/c1-4-35(25-17-19-34(21-25)22(2)23-9-6-5-7-10-23)40(36,37)31-18-16-27-29(24-12-14-26(38-3)15-13-24)33-30(32-27)28-11-8-20-39-28/h5-15,20,22,25,31H,4,16-19,21H2,1-3H3,(H,32,33)/t22-,25+/m0/s1. The van der Waals surface area contributed by atoms with Crippen LogP contribution >= 0.6 is 11.3 Å². The fourth-order valence-corrected chi connectivity index (χ4v) is 7.52. The molecular formula is C30H37N5O3S2. The van der Waals surface area contributed by atoms with Crippen molar-refractivity contribution in [2.75, 3.05) is 33.3 Å². The Morgan fingerprint density at radius 2 is 1.93 bits per heavy atom. The maximum absolute atomic E-state index is 13.5. The largest absolute Gasteiger partial charge is 0.497 e. The first-order valence-electron chi connectivity index (χ1n) is 13.7. The van der Waals surface area contributed by atoms with Crippen molar-refractivity contribution in [1.82, 2.24) is 23.9 Å². The molecule has 2 aromatic heterocycles. The van der Waals surface area contributed by atoms with Crippen LogP contribution in [0.25, 0.3) is 22.0 Å². The van der Waals surface area contributed by atoms with Gasteiger partial charge in [0.2, 0.25) is 0 Å². The number of rotatable bonds is 12. The highest BCUT2D eigenvalue weighted by atomic mass is 32.2. The topological polar surface area (TPSA) is 90.6 Å². The highest BCUT2D eigenvalue weighted by Gasteiger charge is 2.35. The van der Waals surface area contributed by atoms with E-state index in [0.29, 0.717) is 13.0 Å². The predicted octanol–water partition coefficient (Wildman–Crippen LogP) is 5.35. The van der Waals surface area contributed by atoms with Crippen molar-refractivity contribution in [2.45, 2.75) is 38.8 Å². The fourth-order valence-electron chi connectivity index (χ4n) is 5.42. The second kappa shape index (κ2) is 12.7. The molecule has 212 valence electrons. The summed E-state index contributed by atoms with van der Waals surface area (Å²) in [4.78, 5) is 11.7. The normalized spacial score (nSPS) is 16.9. The van der Waals surface area contributed by atoms with Crippen molar-refractivity contribution in [3.63, 3.8) is 0 Å². The van der Waals surface area contributed by atoms with Gasteiger partial charge in [0.1, 0.15) is 11.6 Å². The second-order valence-electron chi connectivity index (χ2n) is 10.00. The minimum atomic E-state index is -3.65. The number of imidazole rings is 1. The third-order valence-electron chi connectivity index (χ3n) is 7.61. The molecule has 1 aliphatic heterocycles. The van der Waals surface area contributed by atoms with Gasteiger partial charge in [0.25, 0.3) is 10.2 Å². The van der Waals surface area contributed by atoms with E-state index in [2.05, 4.69) is 45.8 Å². The molecule has 2 N–H and O–H groups in total. The Hall–Kier alpha value is -3.02. The summed E-state index contributed by atoms with van der Waals surface area (Å²) in [7, 11) is -2.01. The van der Waals surface area contributed by atoms with Gasteiger partial charge < -0.3 is 9.72 Å². The van der Waals surface area contributed by atoms with Crippen molar-refractivity contribution in [3.8, 4) is 27.7 Å². The van der Waals surface area contributed by atoms with Gasteiger partial charge in [-0.3, -0.25) is 4.90 Å². The molecule has 0 amide bonds. The average Bonchev–Trinajstić information content (AvgIpc) is 3.75. The number of likely N-dealkylation sites (tertiary alicyclic amines) is 1. The molecule has 40 heavy (non-hydrogen) atoms. The Labute approximate surface area is 241 Å². The summed E-state index contributed by atoms with van der Waals surface area (Å²) in [6.07, 6.45) is 1.30. The molecule has 5 rings (SSSR count). The molecule has 0 bridgehead atoms. The quantitative estimate of drug-likeness (QED) is 0.236. The highest BCUT2D eigenvalue weighted by Crippen LogP contribution is 2.30. The van der Waals surface area contributed by atoms with Crippen molar-refractivity contribution >= 4 is 21.5 Å². The van der Waals surface area contributed by atoms with Gasteiger partial charge in [0.05, 0.1) is 17.7 Å². The number of benzene rings is 2. The molecule has 0 unspecified atom stereocenters. The van der Waals surface area contributed by atoms with Crippen LogP contribution < -0.4 is 9.46 Å². The Kier molecular flexibility index (Phi) is 9.02. The Morgan fingerprint density at radius 1 is 1.15 bits per heavy atom. The summed E-state index contributed by atoms with van der Waals surface area (Å²) in [5, 5.41) is 2.02. The van der Waals surface area contributed by atoms with Crippen LogP contribution in [0.5, 0.6) is 5.75 Å². The number of thiophene rings is 1. The van der Waals surface area contributed by atoms with Gasteiger partial charge in [-0.25, -0.2) is 9.71 Å². The molecule has 0 radical (unpaired) electrons. The van der Waals surface area contributed by atoms with E-state index in [1.165, 1.54) is 5.56 Å². The van der Waals surface area contributed by atoms with Crippen molar-refractivity contribution < 1.29 is 13.2 Å². The Balaban J connectivity index is 1.27. The van der Waals surface area contributed by atoms with E-state index in [9.17, 15) is 8.42 Å². The lowest BCUT2D eigenvalue weighted by Crippen LogP contribution is -2.48. The van der Waals surface area contributed by atoms with Crippen molar-refractivity contribution in [2.24, 2.45) is 0 Å². The van der Waals surface area contributed by atoms with Crippen LogP contribution in [-0.4, -0.2) is 66.9 Å². The molecular weight excluding hydrogens is 542 g/mol. The first kappa shape index (κ1) is 28.5. The van der Waals surface area contributed by atoms with Gasteiger partial charge in [-0.2, -0.15) is 12.7 Å². The van der Waals surface area contributed by atoms with Crippen LogP contribution in [0.15, 0.2) is 72.1 Å². The smallest absolute Gasteiger partial charge is 0.279 e. The van der Waals surface area contributed by atoms with Gasteiger partial charge >= 0.3 is 0 Å². The molecule has 0 spiro atoms. The number of hydrogen-bond acceptors (Lipinski definition) is 6. The molecule has 3 heterocycles. The van der Waals surface area contributed by atoms with E-state index < -0.39 is 10.2 Å². The molecule has 4 aromatic rings. The number of nitrogens with one attached hydrogen (secondary N) is 2. The number of aromatic nitrogens is 2. The molecule has 8 nitrogen and oxygen atoms in total. The highest BCUT2D eigenvalue weighted by molar-refractivity contribution is 7.87. The van der Waals surface area contributed by atoms with Gasteiger partial charge in [-0.1, -0.05) is 43.3 Å². The first-order valence-corrected chi connectivity index (χ1v) is 16.0. The SMILES string of the molecule is CCN([C@@H]1CCN([C@@H](C)c2ccccc2)C1)S(=O)(=O)NCCc1[nH]c(-c2cccs2)nc1-c1ccc(OC)cc1. The summed E-state index contributed by atoms with van der Waals surface area (Å²) >= 11 is 1.61. The van der Waals surface area contributed by atoms with E-state index >= 15 is 0 Å². The number of hydrogen-bond donors (Lipinski definition) is 2. The minimum Gasteiger partial charge on any atom is -0.497 e. The van der Waals surface area contributed by atoms with Crippen molar-refractivity contribution in [3.05, 3.63) is 83.4 Å². The van der Waals surface area contributed by atoms with E-state index in [0.717, 1.165) is 52.9 Å².